The second kappa shape index (κ2) is 7.75. The predicted octanol–water partition coefficient (Wildman–Crippen LogP) is 4.24. The molecule has 0 saturated heterocycles. The van der Waals surface area contributed by atoms with Gasteiger partial charge in [0, 0.05) is 30.5 Å². The fourth-order valence-corrected chi connectivity index (χ4v) is 3.55. The first kappa shape index (κ1) is 16.9. The summed E-state index contributed by atoms with van der Waals surface area (Å²) in [5, 5.41) is 3.71. The Bertz CT molecular complexity index is 857. The highest BCUT2D eigenvalue weighted by atomic mass is 16.5. The van der Waals surface area contributed by atoms with E-state index in [4.69, 9.17) is 4.74 Å². The summed E-state index contributed by atoms with van der Waals surface area (Å²) in [4.78, 5) is 4.56. The maximum Gasteiger partial charge on any atom is 0.124 e. The molecule has 4 heteroatoms. The number of fused-ring (bicyclic) bond motifs is 1. The van der Waals surface area contributed by atoms with E-state index in [0.29, 0.717) is 6.04 Å². The van der Waals surface area contributed by atoms with Gasteiger partial charge in [0.2, 0.25) is 0 Å². The van der Waals surface area contributed by atoms with Crippen LogP contribution in [0.4, 0.5) is 0 Å². The van der Waals surface area contributed by atoms with E-state index in [-0.39, 0.29) is 0 Å². The first-order valence-electron chi connectivity index (χ1n) is 9.30. The lowest BCUT2D eigenvalue weighted by molar-refractivity contribution is 0.315. The summed E-state index contributed by atoms with van der Waals surface area (Å²) in [5.41, 5.74) is 3.82. The molecule has 0 amide bonds. The van der Waals surface area contributed by atoms with Crippen molar-refractivity contribution in [2.75, 3.05) is 6.61 Å². The number of aromatic nitrogens is 2. The highest BCUT2D eigenvalue weighted by Crippen LogP contribution is 2.32. The molecule has 4 nitrogen and oxygen atoms in total. The molecule has 1 aliphatic rings. The standard InChI is InChI=1S/C22H25N3O/c1-17-9-10-21-19(14-17)20(8-5-13-26-21)24-15-22-23-11-12-25(22)16-18-6-3-2-4-7-18/h2-4,6-7,9-12,14,20,24H,5,8,13,15-16H2,1H3/t20-/m0/s1. The Morgan fingerprint density at radius 3 is 2.96 bits per heavy atom. The van der Waals surface area contributed by atoms with Crippen molar-refractivity contribution in [1.82, 2.24) is 14.9 Å². The molecule has 0 radical (unpaired) electrons. The second-order valence-electron chi connectivity index (χ2n) is 6.92. The largest absolute Gasteiger partial charge is 0.493 e. The van der Waals surface area contributed by atoms with E-state index in [1.807, 2.05) is 12.3 Å². The van der Waals surface area contributed by atoms with Crippen molar-refractivity contribution in [2.45, 2.75) is 38.9 Å². The van der Waals surface area contributed by atoms with Gasteiger partial charge in [0.25, 0.3) is 0 Å². The van der Waals surface area contributed by atoms with Crippen molar-refractivity contribution < 1.29 is 4.74 Å². The van der Waals surface area contributed by atoms with E-state index in [1.54, 1.807) is 0 Å². The Hall–Kier alpha value is -2.59. The topological polar surface area (TPSA) is 39.1 Å². The molecule has 4 rings (SSSR count). The Morgan fingerprint density at radius 2 is 2.08 bits per heavy atom. The summed E-state index contributed by atoms with van der Waals surface area (Å²) in [7, 11) is 0. The lowest BCUT2D eigenvalue weighted by atomic mass is 10.00. The summed E-state index contributed by atoms with van der Waals surface area (Å²) >= 11 is 0. The molecule has 0 aliphatic carbocycles. The number of rotatable bonds is 5. The Morgan fingerprint density at radius 1 is 1.19 bits per heavy atom. The Kier molecular flexibility index (Phi) is 5.02. The molecule has 0 bridgehead atoms. The van der Waals surface area contributed by atoms with Crippen molar-refractivity contribution in [1.29, 1.82) is 0 Å². The zero-order valence-corrected chi connectivity index (χ0v) is 15.2. The Labute approximate surface area is 154 Å². The molecule has 3 aromatic rings. The van der Waals surface area contributed by atoms with Gasteiger partial charge in [0.1, 0.15) is 11.6 Å². The second-order valence-corrected chi connectivity index (χ2v) is 6.92. The number of hydrogen-bond donors (Lipinski definition) is 1. The zero-order valence-electron chi connectivity index (χ0n) is 15.2. The first-order chi connectivity index (χ1) is 12.8. The smallest absolute Gasteiger partial charge is 0.124 e. The molecular formula is C22H25N3O. The van der Waals surface area contributed by atoms with Crippen LogP contribution < -0.4 is 10.1 Å². The first-order valence-corrected chi connectivity index (χ1v) is 9.30. The highest BCUT2D eigenvalue weighted by Gasteiger charge is 2.20. The third kappa shape index (κ3) is 3.81. The maximum atomic E-state index is 5.91. The van der Waals surface area contributed by atoms with Gasteiger partial charge in [-0.1, -0.05) is 48.0 Å². The Balaban J connectivity index is 1.48. The van der Waals surface area contributed by atoms with Crippen LogP contribution in [0.5, 0.6) is 5.75 Å². The molecule has 1 aliphatic heterocycles. The molecule has 26 heavy (non-hydrogen) atoms. The lowest BCUT2D eigenvalue weighted by Crippen LogP contribution is -2.23. The van der Waals surface area contributed by atoms with Crippen molar-refractivity contribution in [3.8, 4) is 5.75 Å². The number of nitrogens with one attached hydrogen (secondary N) is 1. The van der Waals surface area contributed by atoms with Gasteiger partial charge in [-0.05, 0) is 31.4 Å². The monoisotopic (exact) mass is 347 g/mol. The summed E-state index contributed by atoms with van der Waals surface area (Å²) < 4.78 is 8.13. The number of nitrogens with zero attached hydrogens (tertiary/aromatic N) is 2. The number of imidazole rings is 1. The summed E-state index contributed by atoms with van der Waals surface area (Å²) in [6.45, 7) is 4.52. The molecule has 1 aromatic heterocycles. The van der Waals surface area contributed by atoms with E-state index in [0.717, 1.165) is 44.1 Å². The molecule has 1 atom stereocenters. The van der Waals surface area contributed by atoms with Crippen molar-refractivity contribution in [2.24, 2.45) is 0 Å². The van der Waals surface area contributed by atoms with Crippen LogP contribution in [0.2, 0.25) is 0 Å². The molecule has 0 unspecified atom stereocenters. The third-order valence-electron chi connectivity index (χ3n) is 4.94. The van der Waals surface area contributed by atoms with E-state index < -0.39 is 0 Å². The summed E-state index contributed by atoms with van der Waals surface area (Å²) in [6.07, 6.45) is 6.08. The van der Waals surface area contributed by atoms with Crippen LogP contribution in [0, 0.1) is 6.92 Å². The molecular weight excluding hydrogens is 322 g/mol. The molecule has 0 saturated carbocycles. The average Bonchev–Trinajstić information content (AvgIpc) is 3.00. The zero-order chi connectivity index (χ0) is 17.8. The van der Waals surface area contributed by atoms with E-state index >= 15 is 0 Å². The molecule has 134 valence electrons. The third-order valence-corrected chi connectivity index (χ3v) is 4.94. The van der Waals surface area contributed by atoms with Gasteiger partial charge in [-0.15, -0.1) is 0 Å². The van der Waals surface area contributed by atoms with E-state index in [2.05, 4.69) is 70.5 Å². The van der Waals surface area contributed by atoms with E-state index in [9.17, 15) is 0 Å². The van der Waals surface area contributed by atoms with Gasteiger partial charge in [-0.25, -0.2) is 4.98 Å². The normalized spacial score (nSPS) is 16.6. The molecule has 1 N–H and O–H groups in total. The summed E-state index contributed by atoms with van der Waals surface area (Å²) in [5.74, 6) is 2.08. The van der Waals surface area contributed by atoms with Gasteiger partial charge in [0.15, 0.2) is 0 Å². The minimum atomic E-state index is 0.300. The van der Waals surface area contributed by atoms with Crippen LogP contribution in [0.3, 0.4) is 0 Å². The van der Waals surface area contributed by atoms with Gasteiger partial charge in [-0.3, -0.25) is 0 Å². The molecule has 0 fully saturated rings. The van der Waals surface area contributed by atoms with Crippen LogP contribution in [-0.4, -0.2) is 16.2 Å². The van der Waals surface area contributed by atoms with Crippen molar-refractivity contribution >= 4 is 0 Å². The van der Waals surface area contributed by atoms with Crippen LogP contribution in [0.1, 0.15) is 41.4 Å². The fraction of sp³-hybridized carbons (Fsp3) is 0.318. The van der Waals surface area contributed by atoms with Crippen molar-refractivity contribution in [3.63, 3.8) is 0 Å². The van der Waals surface area contributed by atoms with Gasteiger partial charge in [-0.2, -0.15) is 0 Å². The van der Waals surface area contributed by atoms with Crippen LogP contribution in [-0.2, 0) is 13.1 Å². The van der Waals surface area contributed by atoms with Gasteiger partial charge >= 0.3 is 0 Å². The maximum absolute atomic E-state index is 5.91. The van der Waals surface area contributed by atoms with Crippen molar-refractivity contribution in [3.05, 3.63) is 83.4 Å². The molecule has 2 aromatic carbocycles. The van der Waals surface area contributed by atoms with Gasteiger partial charge in [0.05, 0.1) is 13.2 Å². The van der Waals surface area contributed by atoms with Gasteiger partial charge < -0.3 is 14.6 Å². The number of benzene rings is 2. The number of ether oxygens (including phenoxy) is 1. The van der Waals surface area contributed by atoms with Crippen LogP contribution >= 0.6 is 0 Å². The van der Waals surface area contributed by atoms with Crippen LogP contribution in [0.25, 0.3) is 0 Å². The lowest BCUT2D eigenvalue weighted by Gasteiger charge is -2.19. The predicted molar refractivity (Wildman–Crippen MR) is 103 cm³/mol. The van der Waals surface area contributed by atoms with Crippen LogP contribution in [0.15, 0.2) is 60.9 Å². The summed E-state index contributed by atoms with van der Waals surface area (Å²) in [6, 6.07) is 17.3. The number of aryl methyl sites for hydroxylation is 1. The minimum Gasteiger partial charge on any atom is -0.493 e. The average molecular weight is 347 g/mol. The van der Waals surface area contributed by atoms with E-state index in [1.165, 1.54) is 16.7 Å². The SMILES string of the molecule is Cc1ccc2c(c1)[C@@H](NCc1nccn1Cc1ccccc1)CCCO2. The highest BCUT2D eigenvalue weighted by molar-refractivity contribution is 5.39. The number of hydrogen-bond acceptors (Lipinski definition) is 3. The quantitative estimate of drug-likeness (QED) is 0.750. The molecule has 2 heterocycles. The fourth-order valence-electron chi connectivity index (χ4n) is 3.55. The molecule has 0 spiro atoms. The minimum absolute atomic E-state index is 0.300.